The Morgan fingerprint density at radius 3 is 2.77 bits per heavy atom. The highest BCUT2D eigenvalue weighted by molar-refractivity contribution is 7.20. The smallest absolute Gasteiger partial charge is 0.279 e. The number of amides is 1. The van der Waals surface area contributed by atoms with Gasteiger partial charge < -0.3 is 9.64 Å². The van der Waals surface area contributed by atoms with Gasteiger partial charge in [0.2, 0.25) is 5.91 Å². The summed E-state index contributed by atoms with van der Waals surface area (Å²) < 4.78 is 7.10. The van der Waals surface area contributed by atoms with Crippen molar-refractivity contribution >= 4 is 27.5 Å². The molecule has 2 saturated heterocycles. The first-order chi connectivity index (χ1) is 14.7. The molecule has 0 unspecified atom stereocenters. The molecule has 3 aromatic rings. The zero-order valence-electron chi connectivity index (χ0n) is 17.3. The molecule has 0 radical (unpaired) electrons. The third kappa shape index (κ3) is 4.07. The monoisotopic (exact) mass is 421 g/mol. The lowest BCUT2D eigenvalue weighted by molar-refractivity contribution is -0.136. The lowest BCUT2D eigenvalue weighted by Gasteiger charge is -2.47. The SMILES string of the molecule is CC(=O)N1CCC[C@H]2CCN(Cc3ccc(Oc4nc5ccccc5s4)cc3)C[C@H]21. The highest BCUT2D eigenvalue weighted by Crippen LogP contribution is 2.33. The second-order valence-electron chi connectivity index (χ2n) is 8.40. The number of nitrogens with zero attached hydrogens (tertiary/aromatic N) is 3. The van der Waals surface area contributed by atoms with E-state index in [1.165, 1.54) is 18.4 Å². The third-order valence-electron chi connectivity index (χ3n) is 6.39. The molecule has 6 heteroatoms. The fraction of sp³-hybridized carbons (Fsp3) is 0.417. The number of hydrogen-bond donors (Lipinski definition) is 0. The van der Waals surface area contributed by atoms with E-state index in [4.69, 9.17) is 4.74 Å². The van der Waals surface area contributed by atoms with E-state index in [9.17, 15) is 4.79 Å². The van der Waals surface area contributed by atoms with Crippen LogP contribution in [0.1, 0.15) is 31.7 Å². The number of hydrogen-bond acceptors (Lipinski definition) is 5. The average molecular weight is 422 g/mol. The normalized spacial score (nSPS) is 22.1. The zero-order chi connectivity index (χ0) is 20.5. The molecule has 2 aliphatic heterocycles. The topological polar surface area (TPSA) is 45.7 Å². The molecule has 0 bridgehead atoms. The number of carbonyl (C=O) groups excluding carboxylic acids is 1. The summed E-state index contributed by atoms with van der Waals surface area (Å²) in [4.78, 5) is 21.2. The summed E-state index contributed by atoms with van der Waals surface area (Å²) in [6.45, 7) is 5.63. The highest BCUT2D eigenvalue weighted by Gasteiger charge is 2.37. The summed E-state index contributed by atoms with van der Waals surface area (Å²) in [5.74, 6) is 1.71. The van der Waals surface area contributed by atoms with E-state index < -0.39 is 0 Å². The molecule has 30 heavy (non-hydrogen) atoms. The molecule has 5 rings (SSSR count). The first-order valence-electron chi connectivity index (χ1n) is 10.8. The molecule has 0 N–H and O–H groups in total. The fourth-order valence-electron chi connectivity index (χ4n) is 4.88. The molecule has 5 nitrogen and oxygen atoms in total. The number of benzene rings is 2. The number of thiazole rings is 1. The van der Waals surface area contributed by atoms with Gasteiger partial charge in [0, 0.05) is 32.6 Å². The van der Waals surface area contributed by atoms with Gasteiger partial charge in [-0.05, 0) is 61.6 Å². The molecule has 3 heterocycles. The van der Waals surface area contributed by atoms with E-state index in [-0.39, 0.29) is 5.91 Å². The number of piperidine rings is 2. The van der Waals surface area contributed by atoms with Crippen LogP contribution in [-0.4, -0.2) is 46.4 Å². The van der Waals surface area contributed by atoms with E-state index >= 15 is 0 Å². The van der Waals surface area contributed by atoms with E-state index in [2.05, 4.69) is 33.0 Å². The van der Waals surface area contributed by atoms with Crippen LogP contribution >= 0.6 is 11.3 Å². The van der Waals surface area contributed by atoms with Crippen molar-refractivity contribution in [3.05, 3.63) is 54.1 Å². The molecule has 1 amide bonds. The van der Waals surface area contributed by atoms with Crippen molar-refractivity contribution in [1.29, 1.82) is 0 Å². The Morgan fingerprint density at radius 2 is 1.97 bits per heavy atom. The summed E-state index contributed by atoms with van der Waals surface area (Å²) in [6.07, 6.45) is 3.60. The molecular weight excluding hydrogens is 394 g/mol. The van der Waals surface area contributed by atoms with Crippen LogP contribution < -0.4 is 4.74 Å². The minimum Gasteiger partial charge on any atom is -0.431 e. The summed E-state index contributed by atoms with van der Waals surface area (Å²) in [7, 11) is 0. The molecule has 2 atom stereocenters. The van der Waals surface area contributed by atoms with Crippen LogP contribution in [0.2, 0.25) is 0 Å². The maximum Gasteiger partial charge on any atom is 0.279 e. The highest BCUT2D eigenvalue weighted by atomic mass is 32.1. The Hall–Kier alpha value is -2.44. The van der Waals surface area contributed by atoms with Crippen molar-refractivity contribution in [1.82, 2.24) is 14.8 Å². The minimum atomic E-state index is 0.225. The van der Waals surface area contributed by atoms with Gasteiger partial charge in [-0.3, -0.25) is 9.69 Å². The van der Waals surface area contributed by atoms with Crippen molar-refractivity contribution < 1.29 is 9.53 Å². The molecular formula is C24H27N3O2S. The standard InChI is InChI=1S/C24H27N3O2S/c1-17(28)27-13-4-5-19-12-14-26(16-22(19)27)15-18-8-10-20(11-9-18)29-24-25-21-6-2-3-7-23(21)30-24/h2-3,6-11,19,22H,4-5,12-16H2,1H3/t19-,22+/m0/s1. The third-order valence-corrected chi connectivity index (χ3v) is 7.31. The van der Waals surface area contributed by atoms with Crippen LogP contribution in [0.15, 0.2) is 48.5 Å². The lowest BCUT2D eigenvalue weighted by atomic mass is 9.83. The van der Waals surface area contributed by atoms with Gasteiger partial charge in [-0.15, -0.1) is 0 Å². The first kappa shape index (κ1) is 19.5. The van der Waals surface area contributed by atoms with Crippen LogP contribution in [-0.2, 0) is 11.3 Å². The van der Waals surface area contributed by atoms with Gasteiger partial charge in [-0.25, -0.2) is 4.98 Å². The lowest BCUT2D eigenvalue weighted by Crippen LogP contribution is -2.56. The van der Waals surface area contributed by atoms with Crippen LogP contribution in [0.4, 0.5) is 0 Å². The van der Waals surface area contributed by atoms with E-state index in [0.29, 0.717) is 17.2 Å². The predicted molar refractivity (Wildman–Crippen MR) is 120 cm³/mol. The zero-order valence-corrected chi connectivity index (χ0v) is 18.1. The largest absolute Gasteiger partial charge is 0.431 e. The second-order valence-corrected chi connectivity index (χ2v) is 9.39. The number of carbonyl (C=O) groups is 1. The summed E-state index contributed by atoms with van der Waals surface area (Å²) >= 11 is 1.56. The van der Waals surface area contributed by atoms with Gasteiger partial charge in [0.1, 0.15) is 5.75 Å². The van der Waals surface area contributed by atoms with Crippen molar-refractivity contribution in [2.45, 2.75) is 38.8 Å². The number of rotatable bonds is 4. The average Bonchev–Trinajstić information content (AvgIpc) is 3.17. The van der Waals surface area contributed by atoms with Gasteiger partial charge in [0.25, 0.3) is 5.19 Å². The Kier molecular flexibility index (Phi) is 5.44. The quantitative estimate of drug-likeness (QED) is 0.600. The predicted octanol–water partition coefficient (Wildman–Crippen LogP) is 4.92. The molecule has 0 spiro atoms. The van der Waals surface area contributed by atoms with Gasteiger partial charge in [-0.2, -0.15) is 0 Å². The number of ether oxygens (including phenoxy) is 1. The fourth-order valence-corrected chi connectivity index (χ4v) is 5.71. The van der Waals surface area contributed by atoms with Crippen molar-refractivity contribution in [3.63, 3.8) is 0 Å². The van der Waals surface area contributed by atoms with Crippen LogP contribution in [0.5, 0.6) is 10.9 Å². The summed E-state index contributed by atoms with van der Waals surface area (Å²) in [5.41, 5.74) is 2.25. The van der Waals surface area contributed by atoms with Crippen molar-refractivity contribution in [2.24, 2.45) is 5.92 Å². The number of para-hydroxylation sites is 1. The molecule has 156 valence electrons. The van der Waals surface area contributed by atoms with Gasteiger partial charge in [0.15, 0.2) is 0 Å². The molecule has 2 aromatic carbocycles. The Balaban J connectivity index is 1.22. The van der Waals surface area contributed by atoms with E-state index in [1.54, 1.807) is 18.3 Å². The van der Waals surface area contributed by atoms with Gasteiger partial charge in [0.05, 0.1) is 10.2 Å². The van der Waals surface area contributed by atoms with Gasteiger partial charge in [-0.1, -0.05) is 35.6 Å². The maximum absolute atomic E-state index is 12.1. The second kappa shape index (κ2) is 8.36. The summed E-state index contributed by atoms with van der Waals surface area (Å²) in [5, 5.41) is 0.674. The minimum absolute atomic E-state index is 0.225. The molecule has 0 aliphatic carbocycles. The molecule has 1 aromatic heterocycles. The van der Waals surface area contributed by atoms with Crippen molar-refractivity contribution in [3.8, 4) is 10.9 Å². The van der Waals surface area contributed by atoms with Crippen LogP contribution in [0.25, 0.3) is 10.2 Å². The first-order valence-corrected chi connectivity index (χ1v) is 11.6. The number of fused-ring (bicyclic) bond motifs is 2. The number of aromatic nitrogens is 1. The van der Waals surface area contributed by atoms with Crippen molar-refractivity contribution in [2.75, 3.05) is 19.6 Å². The van der Waals surface area contributed by atoms with E-state index in [1.807, 2.05) is 30.3 Å². The molecule has 0 saturated carbocycles. The van der Waals surface area contributed by atoms with Gasteiger partial charge >= 0.3 is 0 Å². The van der Waals surface area contributed by atoms with Crippen LogP contribution in [0, 0.1) is 5.92 Å². The number of likely N-dealkylation sites (tertiary alicyclic amines) is 2. The molecule has 2 fully saturated rings. The maximum atomic E-state index is 12.1. The Morgan fingerprint density at radius 1 is 1.13 bits per heavy atom. The molecule has 2 aliphatic rings. The van der Waals surface area contributed by atoms with Crippen LogP contribution in [0.3, 0.4) is 0 Å². The summed E-state index contributed by atoms with van der Waals surface area (Å²) in [6, 6.07) is 16.8. The Labute approximate surface area is 181 Å². The van der Waals surface area contributed by atoms with E-state index in [0.717, 1.165) is 48.6 Å². The Bertz CT molecular complexity index is 999.